The van der Waals surface area contributed by atoms with Crippen LogP contribution in [0.3, 0.4) is 0 Å². The Kier molecular flexibility index (Phi) is 5.74. The standard InChI is InChI=1S/C22H31N3O3S/c1-14(26)12-15-2-7-18-19(15)20-21(23-13-24-22(20)29-18)28-17-5-3-16(4-6-17)25-8-10-27-11-9-25/h13-17,26H,2-12H2,1H3. The van der Waals surface area contributed by atoms with E-state index in [2.05, 4.69) is 14.9 Å². The van der Waals surface area contributed by atoms with Crippen molar-refractivity contribution in [1.29, 1.82) is 0 Å². The zero-order valence-electron chi connectivity index (χ0n) is 17.2. The number of aromatic nitrogens is 2. The number of rotatable bonds is 5. The van der Waals surface area contributed by atoms with Crippen molar-refractivity contribution < 1.29 is 14.6 Å². The summed E-state index contributed by atoms with van der Waals surface area (Å²) in [6, 6.07) is 0.671. The highest BCUT2D eigenvalue weighted by atomic mass is 32.1. The summed E-state index contributed by atoms with van der Waals surface area (Å²) in [6.07, 6.45) is 9.12. The summed E-state index contributed by atoms with van der Waals surface area (Å²) in [5, 5.41) is 11.1. The van der Waals surface area contributed by atoms with Crippen LogP contribution < -0.4 is 4.74 Å². The molecule has 1 saturated carbocycles. The maximum Gasteiger partial charge on any atom is 0.225 e. The first-order chi connectivity index (χ1) is 14.2. The van der Waals surface area contributed by atoms with Gasteiger partial charge in [0.2, 0.25) is 5.88 Å². The Balaban J connectivity index is 1.31. The SMILES string of the molecule is CC(O)CC1CCc2sc3ncnc(OC4CCC(N5CCOCC5)CC4)c3c21. The average Bonchev–Trinajstić information content (AvgIpc) is 3.29. The maximum absolute atomic E-state index is 9.94. The molecule has 2 aliphatic carbocycles. The summed E-state index contributed by atoms with van der Waals surface area (Å²) in [6.45, 7) is 5.74. The summed E-state index contributed by atoms with van der Waals surface area (Å²) >= 11 is 1.78. The molecule has 6 nitrogen and oxygen atoms in total. The van der Waals surface area contributed by atoms with E-state index in [1.165, 1.54) is 23.3 Å². The van der Waals surface area contributed by atoms with Gasteiger partial charge in [-0.25, -0.2) is 9.97 Å². The molecular formula is C22H31N3O3S. The first-order valence-corrected chi connectivity index (χ1v) is 11.9. The zero-order valence-corrected chi connectivity index (χ0v) is 18.0. The summed E-state index contributed by atoms with van der Waals surface area (Å²) in [5.41, 5.74) is 1.35. The fraction of sp³-hybridized carbons (Fsp3) is 0.727. The fourth-order valence-electron chi connectivity index (χ4n) is 5.41. The van der Waals surface area contributed by atoms with Crippen LogP contribution in [0, 0.1) is 0 Å². The number of hydrogen-bond acceptors (Lipinski definition) is 7. The van der Waals surface area contributed by atoms with E-state index in [4.69, 9.17) is 9.47 Å². The number of morpholine rings is 1. The molecule has 3 heterocycles. The fourth-order valence-corrected chi connectivity index (χ4v) is 6.64. The summed E-state index contributed by atoms with van der Waals surface area (Å²) in [7, 11) is 0. The van der Waals surface area contributed by atoms with Crippen LogP contribution in [0.5, 0.6) is 5.88 Å². The molecule has 1 N–H and O–H groups in total. The first-order valence-electron chi connectivity index (χ1n) is 11.1. The second-order valence-corrected chi connectivity index (χ2v) is 9.90. The molecule has 2 aromatic heterocycles. The van der Waals surface area contributed by atoms with Crippen molar-refractivity contribution in [2.75, 3.05) is 26.3 Å². The zero-order chi connectivity index (χ0) is 19.8. The smallest absolute Gasteiger partial charge is 0.225 e. The molecule has 2 atom stereocenters. The highest BCUT2D eigenvalue weighted by Gasteiger charge is 2.32. The van der Waals surface area contributed by atoms with Gasteiger partial charge in [0.05, 0.1) is 24.7 Å². The number of aliphatic hydroxyl groups is 1. The van der Waals surface area contributed by atoms with Gasteiger partial charge in [-0.3, -0.25) is 4.90 Å². The molecule has 1 saturated heterocycles. The van der Waals surface area contributed by atoms with Crippen molar-refractivity contribution in [3.63, 3.8) is 0 Å². The predicted molar refractivity (Wildman–Crippen MR) is 114 cm³/mol. The van der Waals surface area contributed by atoms with Gasteiger partial charge in [0.25, 0.3) is 0 Å². The van der Waals surface area contributed by atoms with Crippen molar-refractivity contribution in [3.05, 3.63) is 16.8 Å². The van der Waals surface area contributed by atoms with Crippen molar-refractivity contribution in [2.24, 2.45) is 0 Å². The van der Waals surface area contributed by atoms with Gasteiger partial charge in [-0.05, 0) is 63.4 Å². The second-order valence-electron chi connectivity index (χ2n) is 8.81. The molecule has 0 bridgehead atoms. The largest absolute Gasteiger partial charge is 0.474 e. The minimum Gasteiger partial charge on any atom is -0.474 e. The number of fused-ring (bicyclic) bond motifs is 3. The van der Waals surface area contributed by atoms with Gasteiger partial charge in [0.15, 0.2) is 0 Å². The molecule has 2 fully saturated rings. The van der Waals surface area contributed by atoms with E-state index < -0.39 is 0 Å². The molecule has 0 radical (unpaired) electrons. The number of hydrogen-bond donors (Lipinski definition) is 1. The quantitative estimate of drug-likeness (QED) is 0.803. The molecule has 2 aromatic rings. The normalized spacial score (nSPS) is 29.1. The first kappa shape index (κ1) is 19.7. The monoisotopic (exact) mass is 417 g/mol. The highest BCUT2D eigenvalue weighted by molar-refractivity contribution is 7.19. The van der Waals surface area contributed by atoms with Gasteiger partial charge in [-0.2, -0.15) is 0 Å². The van der Waals surface area contributed by atoms with Crippen LogP contribution >= 0.6 is 11.3 Å². The molecule has 0 spiro atoms. The minimum atomic E-state index is -0.287. The Morgan fingerprint density at radius 2 is 2.00 bits per heavy atom. The number of nitrogens with zero attached hydrogens (tertiary/aromatic N) is 3. The van der Waals surface area contributed by atoms with Gasteiger partial charge < -0.3 is 14.6 Å². The van der Waals surface area contributed by atoms with Gasteiger partial charge in [0, 0.05) is 24.0 Å². The molecule has 158 valence electrons. The van der Waals surface area contributed by atoms with Crippen LogP contribution in [-0.2, 0) is 11.2 Å². The van der Waals surface area contributed by atoms with E-state index in [1.54, 1.807) is 17.7 Å². The van der Waals surface area contributed by atoms with Crippen LogP contribution in [0.1, 0.15) is 61.8 Å². The Labute approximate surface area is 176 Å². The van der Waals surface area contributed by atoms with Gasteiger partial charge in [-0.1, -0.05) is 0 Å². The molecule has 29 heavy (non-hydrogen) atoms. The third-order valence-electron chi connectivity index (χ3n) is 6.81. The van der Waals surface area contributed by atoms with Crippen molar-refractivity contribution in [1.82, 2.24) is 14.9 Å². The summed E-state index contributed by atoms with van der Waals surface area (Å²) in [5.74, 6) is 1.16. The third kappa shape index (κ3) is 4.02. The predicted octanol–water partition coefficient (Wildman–Crippen LogP) is 3.51. The number of ether oxygens (including phenoxy) is 2. The molecule has 7 heteroatoms. The van der Waals surface area contributed by atoms with Crippen molar-refractivity contribution in [3.8, 4) is 5.88 Å². The topological polar surface area (TPSA) is 67.7 Å². The average molecular weight is 418 g/mol. The third-order valence-corrected chi connectivity index (χ3v) is 7.98. The second kappa shape index (κ2) is 8.46. The van der Waals surface area contributed by atoms with Crippen LogP contribution in [0.2, 0.25) is 0 Å². The number of thiophene rings is 1. The van der Waals surface area contributed by atoms with E-state index in [0.29, 0.717) is 12.0 Å². The molecule has 0 aromatic carbocycles. The Hall–Kier alpha value is -1.28. The number of aryl methyl sites for hydroxylation is 1. The Morgan fingerprint density at radius 3 is 2.76 bits per heavy atom. The van der Waals surface area contributed by atoms with E-state index in [0.717, 1.165) is 74.5 Å². The number of aliphatic hydroxyl groups excluding tert-OH is 1. The van der Waals surface area contributed by atoms with Gasteiger partial charge in [0.1, 0.15) is 17.3 Å². The highest BCUT2D eigenvalue weighted by Crippen LogP contribution is 2.47. The molecule has 0 amide bonds. The summed E-state index contributed by atoms with van der Waals surface area (Å²) in [4.78, 5) is 14.1. The molecule has 3 aliphatic rings. The lowest BCUT2D eigenvalue weighted by Gasteiger charge is -2.38. The maximum atomic E-state index is 9.94. The lowest BCUT2D eigenvalue weighted by Crippen LogP contribution is -2.46. The molecular weight excluding hydrogens is 386 g/mol. The van der Waals surface area contributed by atoms with Crippen molar-refractivity contribution in [2.45, 2.75) is 76.0 Å². The van der Waals surface area contributed by atoms with Crippen LogP contribution in [0.4, 0.5) is 0 Å². The van der Waals surface area contributed by atoms with Crippen molar-refractivity contribution >= 4 is 21.6 Å². The van der Waals surface area contributed by atoms with E-state index in [9.17, 15) is 5.11 Å². The Morgan fingerprint density at radius 1 is 1.21 bits per heavy atom. The van der Waals surface area contributed by atoms with Crippen LogP contribution in [-0.4, -0.2) is 64.5 Å². The van der Waals surface area contributed by atoms with E-state index in [-0.39, 0.29) is 12.2 Å². The molecule has 5 rings (SSSR count). The van der Waals surface area contributed by atoms with Gasteiger partial charge >= 0.3 is 0 Å². The van der Waals surface area contributed by atoms with E-state index in [1.807, 2.05) is 6.92 Å². The lowest BCUT2D eigenvalue weighted by atomic mass is 9.91. The minimum absolute atomic E-state index is 0.234. The molecule has 2 unspecified atom stereocenters. The lowest BCUT2D eigenvalue weighted by molar-refractivity contribution is -0.00126. The van der Waals surface area contributed by atoms with Crippen LogP contribution in [0.25, 0.3) is 10.2 Å². The summed E-state index contributed by atoms with van der Waals surface area (Å²) < 4.78 is 12.0. The molecule has 1 aliphatic heterocycles. The van der Waals surface area contributed by atoms with E-state index >= 15 is 0 Å². The Bertz CT molecular complexity index is 841. The van der Waals surface area contributed by atoms with Crippen LogP contribution in [0.15, 0.2) is 6.33 Å². The van der Waals surface area contributed by atoms with Gasteiger partial charge in [-0.15, -0.1) is 11.3 Å².